The topological polar surface area (TPSA) is 24.9 Å². The summed E-state index contributed by atoms with van der Waals surface area (Å²) in [7, 11) is 0. The van der Waals surface area contributed by atoms with E-state index in [1.54, 1.807) is 0 Å². The molecule has 1 aromatic rings. The highest BCUT2D eigenvalue weighted by molar-refractivity contribution is 5.21. The van der Waals surface area contributed by atoms with E-state index in [1.165, 1.54) is 18.4 Å². The summed E-state index contributed by atoms with van der Waals surface area (Å²) in [6.07, 6.45) is 2.69. The third-order valence-corrected chi connectivity index (χ3v) is 2.49. The van der Waals surface area contributed by atoms with Gasteiger partial charge in [0.15, 0.2) is 0 Å². The molecular formula is C11H16N2. The van der Waals surface area contributed by atoms with Gasteiger partial charge in [-0.25, -0.2) is 0 Å². The van der Waals surface area contributed by atoms with Crippen LogP contribution in [0.4, 0.5) is 0 Å². The molecule has 2 nitrogen and oxygen atoms in total. The molecule has 70 valence electrons. The number of aryl methyl sites for hydroxylation is 2. The SMILES string of the molecule is Cc1ccc(CNC2CC2)c(C)n1. The predicted molar refractivity (Wildman–Crippen MR) is 53.6 cm³/mol. The van der Waals surface area contributed by atoms with Crippen LogP contribution in [0.3, 0.4) is 0 Å². The Morgan fingerprint density at radius 1 is 1.38 bits per heavy atom. The number of pyridine rings is 1. The standard InChI is InChI=1S/C11H16N2/c1-8-3-4-10(9(2)13-8)7-12-11-5-6-11/h3-4,11-12H,5-7H2,1-2H3. The van der Waals surface area contributed by atoms with Crippen molar-refractivity contribution in [3.8, 4) is 0 Å². The molecule has 1 N–H and O–H groups in total. The van der Waals surface area contributed by atoms with Crippen molar-refractivity contribution in [1.82, 2.24) is 10.3 Å². The molecule has 0 radical (unpaired) electrons. The highest BCUT2D eigenvalue weighted by Gasteiger charge is 2.20. The Bertz CT molecular complexity index is 303. The maximum absolute atomic E-state index is 4.43. The lowest BCUT2D eigenvalue weighted by Gasteiger charge is -2.06. The van der Waals surface area contributed by atoms with Gasteiger partial charge in [-0.2, -0.15) is 0 Å². The van der Waals surface area contributed by atoms with Gasteiger partial charge in [-0.3, -0.25) is 4.98 Å². The van der Waals surface area contributed by atoms with Gasteiger partial charge < -0.3 is 5.32 Å². The van der Waals surface area contributed by atoms with Crippen molar-refractivity contribution >= 4 is 0 Å². The summed E-state index contributed by atoms with van der Waals surface area (Å²) < 4.78 is 0. The van der Waals surface area contributed by atoms with Gasteiger partial charge in [0.1, 0.15) is 0 Å². The largest absolute Gasteiger partial charge is 0.310 e. The van der Waals surface area contributed by atoms with Crippen LogP contribution in [0.1, 0.15) is 29.8 Å². The number of nitrogens with zero attached hydrogens (tertiary/aromatic N) is 1. The maximum Gasteiger partial charge on any atom is 0.0420 e. The van der Waals surface area contributed by atoms with Crippen molar-refractivity contribution in [3.63, 3.8) is 0 Å². The number of hydrogen-bond donors (Lipinski definition) is 1. The van der Waals surface area contributed by atoms with E-state index in [0.29, 0.717) is 0 Å². The molecule has 1 heterocycles. The molecule has 13 heavy (non-hydrogen) atoms. The number of rotatable bonds is 3. The molecule has 0 spiro atoms. The van der Waals surface area contributed by atoms with Gasteiger partial charge in [0.05, 0.1) is 0 Å². The van der Waals surface area contributed by atoms with Crippen LogP contribution in [0.25, 0.3) is 0 Å². The van der Waals surface area contributed by atoms with Crippen LogP contribution in [-0.4, -0.2) is 11.0 Å². The van der Waals surface area contributed by atoms with Crippen LogP contribution < -0.4 is 5.32 Å². The number of nitrogens with one attached hydrogen (secondary N) is 1. The smallest absolute Gasteiger partial charge is 0.0420 e. The Labute approximate surface area is 79.4 Å². The van der Waals surface area contributed by atoms with Gasteiger partial charge in [0.2, 0.25) is 0 Å². The fourth-order valence-corrected chi connectivity index (χ4v) is 1.44. The zero-order valence-corrected chi connectivity index (χ0v) is 8.30. The van der Waals surface area contributed by atoms with Crippen molar-refractivity contribution in [3.05, 3.63) is 29.1 Å². The summed E-state index contributed by atoms with van der Waals surface area (Å²) in [4.78, 5) is 4.43. The van der Waals surface area contributed by atoms with E-state index in [0.717, 1.165) is 24.0 Å². The van der Waals surface area contributed by atoms with E-state index in [4.69, 9.17) is 0 Å². The average molecular weight is 176 g/mol. The van der Waals surface area contributed by atoms with Gasteiger partial charge in [-0.1, -0.05) is 6.07 Å². The first-order chi connectivity index (χ1) is 6.25. The third kappa shape index (κ3) is 2.28. The molecule has 0 unspecified atom stereocenters. The maximum atomic E-state index is 4.43. The molecule has 0 bridgehead atoms. The molecule has 1 aliphatic carbocycles. The van der Waals surface area contributed by atoms with Gasteiger partial charge >= 0.3 is 0 Å². The lowest BCUT2D eigenvalue weighted by atomic mass is 10.2. The minimum atomic E-state index is 0.778. The normalized spacial score (nSPS) is 16.2. The molecule has 2 heteroatoms. The van der Waals surface area contributed by atoms with Crippen molar-refractivity contribution in [1.29, 1.82) is 0 Å². The second kappa shape index (κ2) is 3.46. The summed E-state index contributed by atoms with van der Waals surface area (Å²) in [5, 5.41) is 3.49. The Balaban J connectivity index is 2.01. The summed E-state index contributed by atoms with van der Waals surface area (Å²) in [6.45, 7) is 5.09. The van der Waals surface area contributed by atoms with Gasteiger partial charge in [0, 0.05) is 24.0 Å². The molecule has 2 rings (SSSR count). The van der Waals surface area contributed by atoms with E-state index in [9.17, 15) is 0 Å². The van der Waals surface area contributed by atoms with Crippen LogP contribution in [0.5, 0.6) is 0 Å². The van der Waals surface area contributed by atoms with Crippen LogP contribution >= 0.6 is 0 Å². The highest BCUT2D eigenvalue weighted by atomic mass is 14.9. The Hall–Kier alpha value is -0.890. The summed E-state index contributed by atoms with van der Waals surface area (Å²) in [5.74, 6) is 0. The monoisotopic (exact) mass is 176 g/mol. The zero-order valence-electron chi connectivity index (χ0n) is 8.30. The third-order valence-electron chi connectivity index (χ3n) is 2.49. The van der Waals surface area contributed by atoms with Gasteiger partial charge in [0.25, 0.3) is 0 Å². The van der Waals surface area contributed by atoms with E-state index in [-0.39, 0.29) is 0 Å². The Morgan fingerprint density at radius 3 is 2.77 bits per heavy atom. The average Bonchev–Trinajstić information content (AvgIpc) is 2.86. The van der Waals surface area contributed by atoms with Crippen LogP contribution in [0.2, 0.25) is 0 Å². The lowest BCUT2D eigenvalue weighted by Crippen LogP contribution is -2.16. The van der Waals surface area contributed by atoms with Crippen LogP contribution in [-0.2, 0) is 6.54 Å². The van der Waals surface area contributed by atoms with E-state index >= 15 is 0 Å². The number of aromatic nitrogens is 1. The molecule has 1 saturated carbocycles. The first-order valence-corrected chi connectivity index (χ1v) is 4.92. The molecule has 0 aliphatic heterocycles. The number of hydrogen-bond acceptors (Lipinski definition) is 2. The molecule has 0 atom stereocenters. The molecular weight excluding hydrogens is 160 g/mol. The second-order valence-corrected chi connectivity index (χ2v) is 3.85. The van der Waals surface area contributed by atoms with Crippen molar-refractivity contribution in [2.24, 2.45) is 0 Å². The summed E-state index contributed by atoms with van der Waals surface area (Å²) in [6, 6.07) is 5.03. The molecule has 0 saturated heterocycles. The minimum absolute atomic E-state index is 0.778. The fraction of sp³-hybridized carbons (Fsp3) is 0.545. The van der Waals surface area contributed by atoms with E-state index in [1.807, 2.05) is 6.92 Å². The molecule has 1 fully saturated rings. The van der Waals surface area contributed by atoms with Crippen molar-refractivity contribution in [2.75, 3.05) is 0 Å². The van der Waals surface area contributed by atoms with E-state index < -0.39 is 0 Å². The molecule has 0 amide bonds. The van der Waals surface area contributed by atoms with Crippen molar-refractivity contribution < 1.29 is 0 Å². The van der Waals surface area contributed by atoms with E-state index in [2.05, 4.69) is 29.4 Å². The summed E-state index contributed by atoms with van der Waals surface area (Å²) in [5.41, 5.74) is 3.60. The minimum Gasteiger partial charge on any atom is -0.310 e. The van der Waals surface area contributed by atoms with Gasteiger partial charge in [-0.05, 0) is 38.3 Å². The fourth-order valence-electron chi connectivity index (χ4n) is 1.44. The second-order valence-electron chi connectivity index (χ2n) is 3.85. The first kappa shape index (κ1) is 8.70. The molecule has 1 aliphatic rings. The Kier molecular flexibility index (Phi) is 2.32. The predicted octanol–water partition coefficient (Wildman–Crippen LogP) is 1.95. The Morgan fingerprint density at radius 2 is 2.15 bits per heavy atom. The molecule has 1 aromatic heterocycles. The van der Waals surface area contributed by atoms with Crippen LogP contribution in [0.15, 0.2) is 12.1 Å². The highest BCUT2D eigenvalue weighted by Crippen LogP contribution is 2.19. The summed E-state index contributed by atoms with van der Waals surface area (Å²) >= 11 is 0. The molecule has 0 aromatic carbocycles. The van der Waals surface area contributed by atoms with Crippen LogP contribution in [0, 0.1) is 13.8 Å². The zero-order chi connectivity index (χ0) is 9.26. The first-order valence-electron chi connectivity index (χ1n) is 4.92. The van der Waals surface area contributed by atoms with Gasteiger partial charge in [-0.15, -0.1) is 0 Å². The quantitative estimate of drug-likeness (QED) is 0.761. The van der Waals surface area contributed by atoms with Crippen molar-refractivity contribution in [2.45, 2.75) is 39.3 Å². The lowest BCUT2D eigenvalue weighted by molar-refractivity contribution is 0.682.